The summed E-state index contributed by atoms with van der Waals surface area (Å²) in [6.07, 6.45) is 3.21. The van der Waals surface area contributed by atoms with E-state index in [-0.39, 0.29) is 5.91 Å². The largest absolute Gasteiger partial charge is 0.496 e. The highest BCUT2D eigenvalue weighted by atomic mass is 35.5. The van der Waals surface area contributed by atoms with Crippen LogP contribution in [0.2, 0.25) is 5.02 Å². The molecule has 0 saturated heterocycles. The zero-order chi connectivity index (χ0) is 15.2. The fourth-order valence-corrected chi connectivity index (χ4v) is 1.99. The predicted octanol–water partition coefficient (Wildman–Crippen LogP) is 4.31. The fourth-order valence-electron chi connectivity index (χ4n) is 1.87. The molecule has 108 valence electrons. The van der Waals surface area contributed by atoms with Gasteiger partial charge in [0.25, 0.3) is 0 Å². The van der Waals surface area contributed by atoms with Crippen molar-refractivity contribution >= 4 is 29.3 Å². The van der Waals surface area contributed by atoms with E-state index >= 15 is 0 Å². The summed E-state index contributed by atoms with van der Waals surface area (Å²) in [6, 6.07) is 12.8. The van der Waals surface area contributed by atoms with Crippen molar-refractivity contribution in [3.63, 3.8) is 0 Å². The highest BCUT2D eigenvalue weighted by Gasteiger charge is 2.02. The summed E-state index contributed by atoms with van der Waals surface area (Å²) < 4.78 is 5.27. The Morgan fingerprint density at radius 1 is 1.19 bits per heavy atom. The van der Waals surface area contributed by atoms with Gasteiger partial charge in [0.1, 0.15) is 5.75 Å². The molecular formula is C17H16ClNO2. The van der Waals surface area contributed by atoms with E-state index in [4.69, 9.17) is 16.3 Å². The fraction of sp³-hybridized carbons (Fsp3) is 0.118. The molecule has 2 rings (SSSR count). The van der Waals surface area contributed by atoms with Gasteiger partial charge < -0.3 is 10.1 Å². The summed E-state index contributed by atoms with van der Waals surface area (Å²) in [7, 11) is 1.61. The summed E-state index contributed by atoms with van der Waals surface area (Å²) in [5.74, 6) is 0.525. The van der Waals surface area contributed by atoms with Crippen molar-refractivity contribution in [1.29, 1.82) is 0 Å². The zero-order valence-corrected chi connectivity index (χ0v) is 12.6. The number of carbonyl (C=O) groups is 1. The number of nitrogens with one attached hydrogen (secondary N) is 1. The number of hydrogen-bond donors (Lipinski definition) is 1. The smallest absolute Gasteiger partial charge is 0.248 e. The summed E-state index contributed by atoms with van der Waals surface area (Å²) in [5, 5.41) is 3.40. The highest BCUT2D eigenvalue weighted by Crippen LogP contribution is 2.21. The van der Waals surface area contributed by atoms with E-state index in [1.165, 1.54) is 6.08 Å². The van der Waals surface area contributed by atoms with Gasteiger partial charge in [0, 0.05) is 22.3 Å². The number of methoxy groups -OCH3 is 1. The van der Waals surface area contributed by atoms with Crippen LogP contribution in [0.3, 0.4) is 0 Å². The van der Waals surface area contributed by atoms with Crippen molar-refractivity contribution in [1.82, 2.24) is 0 Å². The Kier molecular flexibility index (Phi) is 5.01. The van der Waals surface area contributed by atoms with E-state index in [2.05, 4.69) is 5.32 Å². The molecule has 4 heteroatoms. The van der Waals surface area contributed by atoms with E-state index in [1.54, 1.807) is 37.5 Å². The molecule has 21 heavy (non-hydrogen) atoms. The minimum Gasteiger partial charge on any atom is -0.496 e. The first-order chi connectivity index (χ1) is 10.1. The Morgan fingerprint density at radius 3 is 2.57 bits per heavy atom. The Balaban J connectivity index is 2.08. The lowest BCUT2D eigenvalue weighted by molar-refractivity contribution is -0.111. The SMILES string of the molecule is COc1ccc(C)cc1/C=C/C(=O)Nc1ccc(Cl)cc1. The lowest BCUT2D eigenvalue weighted by Crippen LogP contribution is -2.07. The van der Waals surface area contributed by atoms with Gasteiger partial charge in [-0.15, -0.1) is 0 Å². The number of halogens is 1. The van der Waals surface area contributed by atoms with Crippen molar-refractivity contribution in [2.45, 2.75) is 6.92 Å². The van der Waals surface area contributed by atoms with Gasteiger partial charge in [0.2, 0.25) is 5.91 Å². The molecule has 0 fully saturated rings. The number of hydrogen-bond acceptors (Lipinski definition) is 2. The number of anilines is 1. The molecule has 0 aliphatic carbocycles. The Morgan fingerprint density at radius 2 is 1.90 bits per heavy atom. The number of carbonyl (C=O) groups excluding carboxylic acids is 1. The molecule has 0 unspecified atom stereocenters. The summed E-state index contributed by atoms with van der Waals surface area (Å²) in [5.41, 5.74) is 2.67. The van der Waals surface area contributed by atoms with Crippen LogP contribution >= 0.6 is 11.6 Å². The summed E-state index contributed by atoms with van der Waals surface area (Å²) in [4.78, 5) is 11.9. The molecule has 0 aliphatic rings. The van der Waals surface area contributed by atoms with E-state index in [0.29, 0.717) is 10.7 Å². The minimum atomic E-state index is -0.208. The third-order valence-electron chi connectivity index (χ3n) is 2.91. The quantitative estimate of drug-likeness (QED) is 0.855. The number of rotatable bonds is 4. The van der Waals surface area contributed by atoms with Crippen molar-refractivity contribution in [3.05, 3.63) is 64.7 Å². The number of amides is 1. The summed E-state index contributed by atoms with van der Waals surface area (Å²) in [6.45, 7) is 1.99. The molecule has 3 nitrogen and oxygen atoms in total. The van der Waals surface area contributed by atoms with Crippen LogP contribution < -0.4 is 10.1 Å². The second-order valence-corrected chi connectivity index (χ2v) is 5.01. The molecule has 0 heterocycles. The third-order valence-corrected chi connectivity index (χ3v) is 3.16. The molecule has 2 aromatic carbocycles. The number of ether oxygens (including phenoxy) is 1. The normalized spacial score (nSPS) is 10.6. The average molecular weight is 302 g/mol. The maximum atomic E-state index is 11.9. The van der Waals surface area contributed by atoms with Gasteiger partial charge in [-0.3, -0.25) is 4.79 Å². The molecule has 0 atom stereocenters. The van der Waals surface area contributed by atoms with Crippen LogP contribution in [0.1, 0.15) is 11.1 Å². The minimum absolute atomic E-state index is 0.208. The Hall–Kier alpha value is -2.26. The maximum Gasteiger partial charge on any atom is 0.248 e. The van der Waals surface area contributed by atoms with E-state index in [0.717, 1.165) is 16.9 Å². The third kappa shape index (κ3) is 4.36. The molecule has 0 saturated carbocycles. The number of benzene rings is 2. The first-order valence-electron chi connectivity index (χ1n) is 6.48. The zero-order valence-electron chi connectivity index (χ0n) is 11.9. The second kappa shape index (κ2) is 6.95. The van der Waals surface area contributed by atoms with Crippen LogP contribution in [0.25, 0.3) is 6.08 Å². The van der Waals surface area contributed by atoms with Gasteiger partial charge in [0.05, 0.1) is 7.11 Å². The van der Waals surface area contributed by atoms with Crippen LogP contribution in [-0.2, 0) is 4.79 Å². The molecular weight excluding hydrogens is 286 g/mol. The van der Waals surface area contributed by atoms with Crippen LogP contribution in [0.15, 0.2) is 48.5 Å². The maximum absolute atomic E-state index is 11.9. The molecule has 0 radical (unpaired) electrons. The lowest BCUT2D eigenvalue weighted by Gasteiger charge is -2.06. The van der Waals surface area contributed by atoms with E-state index < -0.39 is 0 Å². The van der Waals surface area contributed by atoms with Gasteiger partial charge in [0.15, 0.2) is 0 Å². The molecule has 0 bridgehead atoms. The van der Waals surface area contributed by atoms with Gasteiger partial charge in [-0.1, -0.05) is 23.2 Å². The monoisotopic (exact) mass is 301 g/mol. The van der Waals surface area contributed by atoms with Crippen LogP contribution in [0.4, 0.5) is 5.69 Å². The van der Waals surface area contributed by atoms with Crippen molar-refractivity contribution in [2.24, 2.45) is 0 Å². The summed E-state index contributed by atoms with van der Waals surface area (Å²) >= 11 is 5.80. The first kappa shape index (κ1) is 15.1. The van der Waals surface area contributed by atoms with Crippen molar-refractivity contribution in [2.75, 3.05) is 12.4 Å². The van der Waals surface area contributed by atoms with Crippen LogP contribution in [-0.4, -0.2) is 13.0 Å². The Labute approximate surface area is 129 Å². The topological polar surface area (TPSA) is 38.3 Å². The molecule has 1 amide bonds. The van der Waals surface area contributed by atoms with E-state index in [9.17, 15) is 4.79 Å². The van der Waals surface area contributed by atoms with Crippen molar-refractivity contribution in [3.8, 4) is 5.75 Å². The lowest BCUT2D eigenvalue weighted by atomic mass is 10.1. The second-order valence-electron chi connectivity index (χ2n) is 4.57. The van der Waals surface area contributed by atoms with Gasteiger partial charge in [-0.25, -0.2) is 0 Å². The first-order valence-corrected chi connectivity index (χ1v) is 6.85. The highest BCUT2D eigenvalue weighted by molar-refractivity contribution is 6.30. The standard InChI is InChI=1S/C17H16ClNO2/c1-12-3-9-16(21-2)13(11-12)4-10-17(20)19-15-7-5-14(18)6-8-15/h3-11H,1-2H3,(H,19,20)/b10-4+. The van der Waals surface area contributed by atoms with Gasteiger partial charge >= 0.3 is 0 Å². The van der Waals surface area contributed by atoms with Crippen LogP contribution in [0, 0.1) is 6.92 Å². The molecule has 2 aromatic rings. The van der Waals surface area contributed by atoms with E-state index in [1.807, 2.05) is 25.1 Å². The molecule has 1 N–H and O–H groups in total. The predicted molar refractivity (Wildman–Crippen MR) is 86.8 cm³/mol. The molecule has 0 spiro atoms. The average Bonchev–Trinajstić information content (AvgIpc) is 2.48. The van der Waals surface area contributed by atoms with Gasteiger partial charge in [-0.2, -0.15) is 0 Å². The molecule has 0 aliphatic heterocycles. The number of aryl methyl sites for hydroxylation is 1. The molecule has 0 aromatic heterocycles. The van der Waals surface area contributed by atoms with Gasteiger partial charge in [-0.05, 0) is 49.4 Å². The Bertz CT molecular complexity index is 663. The van der Waals surface area contributed by atoms with Crippen LogP contribution in [0.5, 0.6) is 5.75 Å². The van der Waals surface area contributed by atoms with Crippen molar-refractivity contribution < 1.29 is 9.53 Å².